The SMILES string of the molecule is Cc1ccc(S(=O)(=O)Oc2ccc(Br)cc2C=NNc2cc(N(C)C)nc(N(C)C)n2)cc1. The Morgan fingerprint density at radius 1 is 1.00 bits per heavy atom. The summed E-state index contributed by atoms with van der Waals surface area (Å²) in [4.78, 5) is 12.6. The Kier molecular flexibility index (Phi) is 7.54. The van der Waals surface area contributed by atoms with E-state index in [0.717, 1.165) is 10.0 Å². The van der Waals surface area contributed by atoms with Crippen molar-refractivity contribution in [1.29, 1.82) is 0 Å². The highest BCUT2D eigenvalue weighted by Crippen LogP contribution is 2.26. The fourth-order valence-electron chi connectivity index (χ4n) is 2.64. The van der Waals surface area contributed by atoms with Crippen molar-refractivity contribution in [3.63, 3.8) is 0 Å². The lowest BCUT2D eigenvalue weighted by atomic mass is 10.2. The van der Waals surface area contributed by atoms with E-state index in [1.54, 1.807) is 41.3 Å². The molecule has 3 rings (SSSR count). The molecule has 11 heteroatoms. The topological polar surface area (TPSA) is 100 Å². The molecule has 1 N–H and O–H groups in total. The zero-order chi connectivity index (χ0) is 24.2. The molecule has 0 radical (unpaired) electrons. The number of rotatable bonds is 8. The van der Waals surface area contributed by atoms with E-state index in [9.17, 15) is 8.42 Å². The zero-order valence-corrected chi connectivity index (χ0v) is 21.3. The van der Waals surface area contributed by atoms with Crippen LogP contribution in [0.4, 0.5) is 17.6 Å². The van der Waals surface area contributed by atoms with Crippen LogP contribution in [0.25, 0.3) is 0 Å². The monoisotopic (exact) mass is 532 g/mol. The Balaban J connectivity index is 1.86. The van der Waals surface area contributed by atoms with Crippen LogP contribution in [-0.2, 0) is 10.1 Å². The molecule has 2 aromatic carbocycles. The number of nitrogens with zero attached hydrogens (tertiary/aromatic N) is 5. The lowest BCUT2D eigenvalue weighted by molar-refractivity contribution is 0.485. The highest BCUT2D eigenvalue weighted by molar-refractivity contribution is 9.10. The van der Waals surface area contributed by atoms with Gasteiger partial charge < -0.3 is 14.0 Å². The lowest BCUT2D eigenvalue weighted by Crippen LogP contribution is -2.17. The zero-order valence-electron chi connectivity index (χ0n) is 18.9. The summed E-state index contributed by atoms with van der Waals surface area (Å²) < 4.78 is 31.6. The van der Waals surface area contributed by atoms with E-state index in [1.165, 1.54) is 18.3 Å². The molecule has 0 aliphatic carbocycles. The van der Waals surface area contributed by atoms with Crippen LogP contribution in [0, 0.1) is 6.92 Å². The molecule has 0 saturated carbocycles. The molecule has 33 heavy (non-hydrogen) atoms. The van der Waals surface area contributed by atoms with E-state index >= 15 is 0 Å². The first kappa shape index (κ1) is 24.5. The van der Waals surface area contributed by atoms with Crippen molar-refractivity contribution in [1.82, 2.24) is 9.97 Å². The summed E-state index contributed by atoms with van der Waals surface area (Å²) in [6.45, 7) is 1.88. The van der Waals surface area contributed by atoms with Crippen molar-refractivity contribution in [2.75, 3.05) is 43.4 Å². The standard InChI is InChI=1S/C22H25BrN6O3S/c1-15-6-9-18(10-7-15)33(30,31)32-19-11-8-17(23)12-16(19)14-24-27-20-13-21(28(2)3)26-22(25-20)29(4)5/h6-14H,1-5H3,(H,25,26,27). The van der Waals surface area contributed by atoms with Crippen LogP contribution in [0.5, 0.6) is 5.75 Å². The van der Waals surface area contributed by atoms with Crippen LogP contribution in [0.15, 0.2) is 63.0 Å². The number of nitrogens with one attached hydrogen (secondary N) is 1. The number of hydrogen-bond acceptors (Lipinski definition) is 9. The molecular weight excluding hydrogens is 508 g/mol. The fourth-order valence-corrected chi connectivity index (χ4v) is 3.98. The predicted molar refractivity (Wildman–Crippen MR) is 135 cm³/mol. The van der Waals surface area contributed by atoms with Crippen LogP contribution >= 0.6 is 15.9 Å². The van der Waals surface area contributed by atoms with Crippen molar-refractivity contribution < 1.29 is 12.6 Å². The molecule has 174 valence electrons. The van der Waals surface area contributed by atoms with E-state index in [4.69, 9.17) is 4.18 Å². The summed E-state index contributed by atoms with van der Waals surface area (Å²) in [7, 11) is 3.46. The molecule has 0 amide bonds. The first-order valence-electron chi connectivity index (χ1n) is 9.88. The molecular formula is C22H25BrN6O3S. The highest BCUT2D eigenvalue weighted by Gasteiger charge is 2.18. The van der Waals surface area contributed by atoms with Gasteiger partial charge in [-0.25, -0.2) is 0 Å². The Bertz CT molecular complexity index is 1240. The molecule has 0 spiro atoms. The summed E-state index contributed by atoms with van der Waals surface area (Å²) in [6, 6.07) is 13.2. The average molecular weight is 533 g/mol. The maximum atomic E-state index is 12.7. The van der Waals surface area contributed by atoms with E-state index in [0.29, 0.717) is 23.1 Å². The van der Waals surface area contributed by atoms with Gasteiger partial charge in [-0.05, 0) is 37.3 Å². The largest absolute Gasteiger partial charge is 0.378 e. The number of halogens is 1. The number of hydrazone groups is 1. The molecule has 0 aliphatic rings. The van der Waals surface area contributed by atoms with Gasteiger partial charge in [-0.15, -0.1) is 0 Å². The van der Waals surface area contributed by atoms with Crippen molar-refractivity contribution in [2.24, 2.45) is 5.10 Å². The average Bonchev–Trinajstić information content (AvgIpc) is 2.75. The number of anilines is 3. The summed E-state index contributed by atoms with van der Waals surface area (Å²) in [5.74, 6) is 1.87. The van der Waals surface area contributed by atoms with Gasteiger partial charge in [0.2, 0.25) is 5.95 Å². The third-order valence-corrected chi connectivity index (χ3v) is 6.16. The van der Waals surface area contributed by atoms with E-state index in [2.05, 4.69) is 36.4 Å². The molecule has 3 aromatic rings. The van der Waals surface area contributed by atoms with Crippen molar-refractivity contribution >= 4 is 49.8 Å². The number of aryl methyl sites for hydroxylation is 1. The summed E-state index contributed by atoms with van der Waals surface area (Å²) in [5.41, 5.74) is 4.29. The summed E-state index contributed by atoms with van der Waals surface area (Å²) in [5, 5.41) is 4.23. The maximum absolute atomic E-state index is 12.7. The van der Waals surface area contributed by atoms with Gasteiger partial charge in [0, 0.05) is 44.3 Å². The summed E-state index contributed by atoms with van der Waals surface area (Å²) in [6.07, 6.45) is 1.47. The number of aromatic nitrogens is 2. The lowest BCUT2D eigenvalue weighted by Gasteiger charge is -2.17. The Morgan fingerprint density at radius 2 is 1.70 bits per heavy atom. The van der Waals surface area contributed by atoms with Crippen molar-refractivity contribution in [2.45, 2.75) is 11.8 Å². The highest BCUT2D eigenvalue weighted by atomic mass is 79.9. The smallest absolute Gasteiger partial charge is 0.339 e. The molecule has 0 aliphatic heterocycles. The molecule has 0 saturated heterocycles. The number of benzene rings is 2. The first-order chi connectivity index (χ1) is 15.5. The van der Waals surface area contributed by atoms with Gasteiger partial charge in [0.05, 0.1) is 6.21 Å². The second-order valence-corrected chi connectivity index (χ2v) is 10.1. The molecule has 0 fully saturated rings. The third kappa shape index (κ3) is 6.42. The van der Waals surface area contributed by atoms with Gasteiger partial charge in [-0.2, -0.15) is 23.5 Å². The van der Waals surface area contributed by atoms with Crippen molar-refractivity contribution in [3.05, 3.63) is 64.1 Å². The van der Waals surface area contributed by atoms with Gasteiger partial charge >= 0.3 is 10.1 Å². The van der Waals surface area contributed by atoms with E-state index < -0.39 is 10.1 Å². The van der Waals surface area contributed by atoms with Gasteiger partial charge in [-0.3, -0.25) is 5.43 Å². The minimum atomic E-state index is -4.00. The Morgan fingerprint density at radius 3 is 2.33 bits per heavy atom. The molecule has 1 heterocycles. The molecule has 1 aromatic heterocycles. The van der Waals surface area contributed by atoms with Crippen LogP contribution in [0.1, 0.15) is 11.1 Å². The minimum absolute atomic E-state index is 0.0745. The van der Waals surface area contributed by atoms with Crippen LogP contribution in [0.3, 0.4) is 0 Å². The quantitative estimate of drug-likeness (QED) is 0.265. The molecule has 0 atom stereocenters. The van der Waals surface area contributed by atoms with Gasteiger partial charge in [0.1, 0.15) is 10.7 Å². The van der Waals surface area contributed by atoms with Gasteiger partial charge in [0.25, 0.3) is 0 Å². The Labute approximate surface area is 202 Å². The van der Waals surface area contributed by atoms with E-state index in [-0.39, 0.29) is 10.6 Å². The van der Waals surface area contributed by atoms with Gasteiger partial charge in [-0.1, -0.05) is 33.6 Å². The molecule has 9 nitrogen and oxygen atoms in total. The second-order valence-electron chi connectivity index (χ2n) is 7.60. The maximum Gasteiger partial charge on any atom is 0.339 e. The van der Waals surface area contributed by atoms with Crippen molar-refractivity contribution in [3.8, 4) is 5.75 Å². The first-order valence-corrected chi connectivity index (χ1v) is 12.1. The summed E-state index contributed by atoms with van der Waals surface area (Å²) >= 11 is 3.40. The predicted octanol–water partition coefficient (Wildman–Crippen LogP) is 3.89. The van der Waals surface area contributed by atoms with Crippen LogP contribution in [-0.4, -0.2) is 52.8 Å². The normalized spacial score (nSPS) is 11.5. The van der Waals surface area contributed by atoms with Crippen LogP contribution < -0.4 is 19.4 Å². The molecule has 0 bridgehead atoms. The third-order valence-electron chi connectivity index (χ3n) is 4.42. The Hall–Kier alpha value is -3.18. The minimum Gasteiger partial charge on any atom is -0.378 e. The van der Waals surface area contributed by atoms with E-state index in [1.807, 2.05) is 40.0 Å². The number of hydrogen-bond donors (Lipinski definition) is 1. The van der Waals surface area contributed by atoms with Gasteiger partial charge in [0.15, 0.2) is 11.6 Å². The van der Waals surface area contributed by atoms with Crippen LogP contribution in [0.2, 0.25) is 0 Å². The molecule has 0 unspecified atom stereocenters. The second kappa shape index (κ2) is 10.2. The fraction of sp³-hybridized carbons (Fsp3) is 0.227.